The van der Waals surface area contributed by atoms with E-state index in [0.717, 1.165) is 13.0 Å². The minimum atomic E-state index is -0.204. The van der Waals surface area contributed by atoms with Crippen LogP contribution in [0.15, 0.2) is 24.3 Å². The Labute approximate surface area is 109 Å². The highest BCUT2D eigenvalue weighted by Gasteiger charge is 2.21. The number of fused-ring (bicyclic) bond motifs is 1. The summed E-state index contributed by atoms with van der Waals surface area (Å²) in [4.78, 5) is 13.5. The number of hydrogen-bond acceptors (Lipinski definition) is 3. The van der Waals surface area contributed by atoms with Gasteiger partial charge in [0.15, 0.2) is 0 Å². The second-order valence-electron chi connectivity index (χ2n) is 4.37. The van der Waals surface area contributed by atoms with E-state index in [2.05, 4.69) is 17.9 Å². The third-order valence-electron chi connectivity index (χ3n) is 2.73. The first kappa shape index (κ1) is 14.5. The number of nitrogens with zero attached hydrogens (tertiary/aromatic N) is 1. The van der Waals surface area contributed by atoms with Gasteiger partial charge in [0.25, 0.3) is 0 Å². The lowest BCUT2D eigenvalue weighted by Gasteiger charge is -2.28. The molecule has 0 unspecified atom stereocenters. The van der Waals surface area contributed by atoms with E-state index in [9.17, 15) is 4.79 Å². The molecule has 0 atom stereocenters. The van der Waals surface area contributed by atoms with Crippen molar-refractivity contribution in [1.29, 1.82) is 0 Å². The zero-order valence-electron chi connectivity index (χ0n) is 11.3. The van der Waals surface area contributed by atoms with Crippen molar-refractivity contribution in [2.45, 2.75) is 32.9 Å². The molecule has 2 N–H and O–H groups in total. The maximum atomic E-state index is 11.7. The summed E-state index contributed by atoms with van der Waals surface area (Å²) in [6.07, 6.45) is 0.665. The van der Waals surface area contributed by atoms with Crippen LogP contribution in [-0.2, 0) is 17.7 Å². The van der Waals surface area contributed by atoms with Crippen molar-refractivity contribution in [2.24, 2.45) is 5.73 Å². The molecule has 100 valence electrons. The number of ether oxygens (including phenoxy) is 1. The van der Waals surface area contributed by atoms with Crippen LogP contribution in [-0.4, -0.2) is 30.7 Å². The highest BCUT2D eigenvalue weighted by molar-refractivity contribution is 5.68. The van der Waals surface area contributed by atoms with Crippen LogP contribution in [0.25, 0.3) is 0 Å². The molecule has 0 aliphatic carbocycles. The molecule has 0 spiro atoms. The van der Waals surface area contributed by atoms with Gasteiger partial charge in [0.05, 0.1) is 6.10 Å². The summed E-state index contributed by atoms with van der Waals surface area (Å²) >= 11 is 0. The molecule has 1 aliphatic rings. The molecular formula is C14H22N2O2. The van der Waals surface area contributed by atoms with E-state index in [0.29, 0.717) is 6.54 Å². The number of amides is 1. The van der Waals surface area contributed by atoms with Crippen molar-refractivity contribution in [3.8, 4) is 0 Å². The van der Waals surface area contributed by atoms with E-state index in [1.807, 2.05) is 26.0 Å². The molecule has 0 saturated heterocycles. The lowest BCUT2D eigenvalue weighted by atomic mass is 10.0. The van der Waals surface area contributed by atoms with Crippen molar-refractivity contribution < 1.29 is 9.53 Å². The van der Waals surface area contributed by atoms with Crippen LogP contribution in [0.5, 0.6) is 0 Å². The quantitative estimate of drug-likeness (QED) is 0.831. The fraction of sp³-hybridized carbons (Fsp3) is 0.500. The molecule has 4 nitrogen and oxygen atoms in total. The Hall–Kier alpha value is -1.55. The minimum Gasteiger partial charge on any atom is -0.447 e. The number of benzene rings is 1. The van der Waals surface area contributed by atoms with Crippen molar-refractivity contribution in [1.82, 2.24) is 4.90 Å². The summed E-state index contributed by atoms with van der Waals surface area (Å²) in [5, 5.41) is 0. The van der Waals surface area contributed by atoms with Crippen LogP contribution in [0.4, 0.5) is 4.79 Å². The van der Waals surface area contributed by atoms with Gasteiger partial charge in [0.2, 0.25) is 0 Å². The maximum Gasteiger partial charge on any atom is 0.410 e. The fourth-order valence-corrected chi connectivity index (χ4v) is 1.93. The predicted octanol–water partition coefficient (Wildman–Crippen LogP) is 2.16. The monoisotopic (exact) mass is 250 g/mol. The Morgan fingerprint density at radius 2 is 1.89 bits per heavy atom. The third-order valence-corrected chi connectivity index (χ3v) is 2.73. The van der Waals surface area contributed by atoms with E-state index in [4.69, 9.17) is 4.74 Å². The molecule has 0 aromatic heterocycles. The first-order valence-electron chi connectivity index (χ1n) is 6.27. The number of carbonyl (C=O) groups is 1. The largest absolute Gasteiger partial charge is 0.447 e. The Morgan fingerprint density at radius 1 is 1.28 bits per heavy atom. The van der Waals surface area contributed by atoms with Gasteiger partial charge in [-0.25, -0.2) is 4.79 Å². The smallest absolute Gasteiger partial charge is 0.410 e. The number of rotatable bonds is 1. The molecule has 1 amide bonds. The van der Waals surface area contributed by atoms with Crippen molar-refractivity contribution in [3.05, 3.63) is 35.4 Å². The van der Waals surface area contributed by atoms with Gasteiger partial charge in [-0.05, 0) is 38.4 Å². The normalized spacial score (nSPS) is 13.5. The van der Waals surface area contributed by atoms with Crippen molar-refractivity contribution in [2.75, 3.05) is 13.6 Å². The van der Waals surface area contributed by atoms with E-state index in [1.165, 1.54) is 18.2 Å². The molecule has 0 radical (unpaired) electrons. The zero-order chi connectivity index (χ0) is 13.5. The van der Waals surface area contributed by atoms with Gasteiger partial charge in [-0.3, -0.25) is 0 Å². The van der Waals surface area contributed by atoms with Gasteiger partial charge in [0, 0.05) is 13.1 Å². The maximum absolute atomic E-state index is 11.7. The van der Waals surface area contributed by atoms with E-state index in [1.54, 1.807) is 4.90 Å². The van der Waals surface area contributed by atoms with Crippen LogP contribution in [0.3, 0.4) is 0 Å². The van der Waals surface area contributed by atoms with Gasteiger partial charge >= 0.3 is 6.09 Å². The standard InChI is InChI=1S/C13H17NO2.CH5N/c1-10(2)16-13(15)14-8-7-11-5-3-4-6-12(11)9-14;1-2/h3-6,10H,7-9H2,1-2H3;2H2,1H3. The van der Waals surface area contributed by atoms with Gasteiger partial charge in [-0.15, -0.1) is 0 Å². The van der Waals surface area contributed by atoms with E-state index in [-0.39, 0.29) is 12.2 Å². The van der Waals surface area contributed by atoms with Gasteiger partial charge in [-0.1, -0.05) is 24.3 Å². The average molecular weight is 250 g/mol. The summed E-state index contributed by atoms with van der Waals surface area (Å²) in [5.41, 5.74) is 7.07. The first-order chi connectivity index (χ1) is 8.66. The van der Waals surface area contributed by atoms with Gasteiger partial charge in [-0.2, -0.15) is 0 Å². The summed E-state index contributed by atoms with van der Waals surface area (Å²) in [6.45, 7) is 5.16. The fourth-order valence-electron chi connectivity index (χ4n) is 1.93. The SMILES string of the molecule is CC(C)OC(=O)N1CCc2ccccc2C1.CN. The lowest BCUT2D eigenvalue weighted by molar-refractivity contribution is 0.0730. The van der Waals surface area contributed by atoms with E-state index < -0.39 is 0 Å². The Bertz CT molecular complexity index is 391. The lowest BCUT2D eigenvalue weighted by Crippen LogP contribution is -2.37. The summed E-state index contributed by atoms with van der Waals surface area (Å²) < 4.78 is 5.19. The topological polar surface area (TPSA) is 55.6 Å². The van der Waals surface area contributed by atoms with Crippen LogP contribution in [0.1, 0.15) is 25.0 Å². The van der Waals surface area contributed by atoms with Crippen molar-refractivity contribution >= 4 is 6.09 Å². The highest BCUT2D eigenvalue weighted by Crippen LogP contribution is 2.19. The van der Waals surface area contributed by atoms with Crippen LogP contribution < -0.4 is 5.73 Å². The van der Waals surface area contributed by atoms with Crippen LogP contribution >= 0.6 is 0 Å². The Balaban J connectivity index is 0.000000771. The highest BCUT2D eigenvalue weighted by atomic mass is 16.6. The first-order valence-corrected chi connectivity index (χ1v) is 6.27. The Kier molecular flexibility index (Phi) is 5.65. The Morgan fingerprint density at radius 3 is 2.50 bits per heavy atom. The molecule has 0 bridgehead atoms. The van der Waals surface area contributed by atoms with Gasteiger partial charge in [0.1, 0.15) is 0 Å². The molecule has 0 fully saturated rings. The number of nitrogens with two attached hydrogens (primary N) is 1. The number of carbonyl (C=O) groups excluding carboxylic acids is 1. The zero-order valence-corrected chi connectivity index (χ0v) is 11.3. The summed E-state index contributed by atoms with van der Waals surface area (Å²) in [5.74, 6) is 0. The van der Waals surface area contributed by atoms with Crippen LogP contribution in [0, 0.1) is 0 Å². The second kappa shape index (κ2) is 7.01. The minimum absolute atomic E-state index is 0.0512. The van der Waals surface area contributed by atoms with Crippen LogP contribution in [0.2, 0.25) is 0 Å². The predicted molar refractivity (Wildman–Crippen MR) is 72.3 cm³/mol. The molecule has 4 heteroatoms. The van der Waals surface area contributed by atoms with Crippen molar-refractivity contribution in [3.63, 3.8) is 0 Å². The average Bonchev–Trinajstić information content (AvgIpc) is 2.39. The second-order valence-corrected chi connectivity index (χ2v) is 4.37. The molecule has 0 saturated carbocycles. The van der Waals surface area contributed by atoms with Gasteiger partial charge < -0.3 is 15.4 Å². The molecular weight excluding hydrogens is 228 g/mol. The molecule has 18 heavy (non-hydrogen) atoms. The molecule has 2 rings (SSSR count). The molecule has 1 aromatic rings. The van der Waals surface area contributed by atoms with E-state index >= 15 is 0 Å². The third kappa shape index (κ3) is 3.74. The number of hydrogen-bond donors (Lipinski definition) is 1. The molecule has 1 aromatic carbocycles. The molecule has 1 heterocycles. The molecule has 1 aliphatic heterocycles. The summed E-state index contributed by atoms with van der Waals surface area (Å²) in [6, 6.07) is 8.25. The summed E-state index contributed by atoms with van der Waals surface area (Å²) in [7, 11) is 1.50.